The van der Waals surface area contributed by atoms with Crippen LogP contribution in [0.4, 0.5) is 0 Å². The zero-order valence-corrected chi connectivity index (χ0v) is 17.4. The first kappa shape index (κ1) is 19.5. The number of ether oxygens (including phenoxy) is 3. The van der Waals surface area contributed by atoms with Gasteiger partial charge in [0.15, 0.2) is 0 Å². The Hall–Kier alpha value is -1.51. The highest BCUT2D eigenvalue weighted by Crippen LogP contribution is 2.34. The molecule has 4 heterocycles. The molecule has 0 unspecified atom stereocenters. The van der Waals surface area contributed by atoms with Gasteiger partial charge < -0.3 is 14.2 Å². The molecule has 5 rings (SSSR count). The monoisotopic (exact) mass is 400 g/mol. The molecule has 29 heavy (non-hydrogen) atoms. The van der Waals surface area contributed by atoms with E-state index in [9.17, 15) is 0 Å². The SMILES string of the molecule is Cn1nc(CN2CCOC[C@@]3(CC[C@H](CN4CCOCC4)O3)C2)c2ccccc21. The molecule has 2 atom stereocenters. The van der Waals surface area contributed by atoms with Crippen molar-refractivity contribution in [1.29, 1.82) is 0 Å². The molecule has 3 aliphatic rings. The lowest BCUT2D eigenvalue weighted by Gasteiger charge is -2.33. The van der Waals surface area contributed by atoms with Crippen molar-refractivity contribution in [2.75, 3.05) is 59.2 Å². The van der Waals surface area contributed by atoms with Crippen LogP contribution in [0.15, 0.2) is 24.3 Å². The summed E-state index contributed by atoms with van der Waals surface area (Å²) in [4.78, 5) is 4.95. The van der Waals surface area contributed by atoms with E-state index in [4.69, 9.17) is 19.3 Å². The summed E-state index contributed by atoms with van der Waals surface area (Å²) < 4.78 is 20.1. The van der Waals surface area contributed by atoms with Gasteiger partial charge >= 0.3 is 0 Å². The Kier molecular flexibility index (Phi) is 5.58. The number of aryl methyl sites for hydroxylation is 1. The van der Waals surface area contributed by atoms with E-state index in [1.165, 1.54) is 10.9 Å². The molecule has 0 bridgehead atoms. The topological polar surface area (TPSA) is 52.0 Å². The normalized spacial score (nSPS) is 29.6. The predicted octanol–water partition coefficient (Wildman–Crippen LogP) is 1.66. The van der Waals surface area contributed by atoms with Crippen LogP contribution in [0.25, 0.3) is 10.9 Å². The molecule has 2 aromatic rings. The van der Waals surface area contributed by atoms with Gasteiger partial charge in [0.1, 0.15) is 5.60 Å². The minimum absolute atomic E-state index is 0.183. The number of benzene rings is 1. The van der Waals surface area contributed by atoms with Crippen LogP contribution in [-0.4, -0.2) is 90.4 Å². The highest BCUT2D eigenvalue weighted by atomic mass is 16.6. The first-order valence-corrected chi connectivity index (χ1v) is 10.9. The second kappa shape index (κ2) is 8.32. The highest BCUT2D eigenvalue weighted by Gasteiger charge is 2.43. The quantitative estimate of drug-likeness (QED) is 0.778. The maximum absolute atomic E-state index is 6.66. The van der Waals surface area contributed by atoms with E-state index in [0.717, 1.165) is 77.6 Å². The Morgan fingerprint density at radius 2 is 1.86 bits per heavy atom. The molecule has 7 heteroatoms. The largest absolute Gasteiger partial charge is 0.379 e. The van der Waals surface area contributed by atoms with Gasteiger partial charge in [-0.2, -0.15) is 5.10 Å². The fourth-order valence-corrected chi connectivity index (χ4v) is 5.05. The Bertz CT molecular complexity index is 835. The van der Waals surface area contributed by atoms with Gasteiger partial charge in [0.25, 0.3) is 0 Å². The van der Waals surface area contributed by atoms with Gasteiger partial charge in [-0.3, -0.25) is 14.5 Å². The summed E-state index contributed by atoms with van der Waals surface area (Å²) in [5, 5.41) is 6.04. The Balaban J connectivity index is 1.26. The van der Waals surface area contributed by atoms with Gasteiger partial charge in [0.05, 0.1) is 43.7 Å². The van der Waals surface area contributed by atoms with Crippen molar-refractivity contribution in [3.8, 4) is 0 Å². The van der Waals surface area contributed by atoms with Crippen molar-refractivity contribution in [2.45, 2.75) is 31.1 Å². The van der Waals surface area contributed by atoms with Crippen molar-refractivity contribution < 1.29 is 14.2 Å². The molecule has 7 nitrogen and oxygen atoms in total. The van der Waals surface area contributed by atoms with Crippen LogP contribution in [0, 0.1) is 0 Å². The molecule has 0 amide bonds. The molecule has 1 spiro atoms. The van der Waals surface area contributed by atoms with Crippen LogP contribution in [-0.2, 0) is 27.8 Å². The maximum Gasteiger partial charge on any atom is 0.105 e. The van der Waals surface area contributed by atoms with Crippen molar-refractivity contribution >= 4 is 10.9 Å². The van der Waals surface area contributed by atoms with Crippen LogP contribution in [0.1, 0.15) is 18.5 Å². The minimum Gasteiger partial charge on any atom is -0.379 e. The second-order valence-electron chi connectivity index (χ2n) is 8.73. The molecule has 3 fully saturated rings. The van der Waals surface area contributed by atoms with Crippen molar-refractivity contribution in [3.63, 3.8) is 0 Å². The molecule has 1 aromatic carbocycles. The summed E-state index contributed by atoms with van der Waals surface area (Å²) in [6.07, 6.45) is 2.48. The number of aromatic nitrogens is 2. The van der Waals surface area contributed by atoms with Crippen molar-refractivity contribution in [1.82, 2.24) is 19.6 Å². The summed E-state index contributed by atoms with van der Waals surface area (Å²) in [6, 6.07) is 8.47. The fraction of sp³-hybridized carbons (Fsp3) is 0.682. The smallest absolute Gasteiger partial charge is 0.105 e. The average Bonchev–Trinajstić information content (AvgIpc) is 3.19. The van der Waals surface area contributed by atoms with Gasteiger partial charge in [0.2, 0.25) is 0 Å². The number of hydrogen-bond acceptors (Lipinski definition) is 6. The van der Waals surface area contributed by atoms with Crippen molar-refractivity contribution in [2.24, 2.45) is 7.05 Å². The van der Waals surface area contributed by atoms with E-state index >= 15 is 0 Å². The van der Waals surface area contributed by atoms with Crippen molar-refractivity contribution in [3.05, 3.63) is 30.0 Å². The maximum atomic E-state index is 6.66. The van der Waals surface area contributed by atoms with Gasteiger partial charge in [-0.1, -0.05) is 18.2 Å². The van der Waals surface area contributed by atoms with Crippen LogP contribution < -0.4 is 0 Å². The summed E-state index contributed by atoms with van der Waals surface area (Å²) in [6.45, 7) is 8.85. The van der Waals surface area contributed by atoms with E-state index in [1.54, 1.807) is 0 Å². The molecule has 0 saturated carbocycles. The highest BCUT2D eigenvalue weighted by molar-refractivity contribution is 5.81. The number of para-hydroxylation sites is 1. The van der Waals surface area contributed by atoms with E-state index in [2.05, 4.69) is 34.1 Å². The van der Waals surface area contributed by atoms with Crippen LogP contribution in [0.5, 0.6) is 0 Å². The van der Waals surface area contributed by atoms with E-state index in [1.807, 2.05) is 11.7 Å². The van der Waals surface area contributed by atoms with Gasteiger partial charge in [0, 0.05) is 51.7 Å². The van der Waals surface area contributed by atoms with E-state index < -0.39 is 0 Å². The lowest BCUT2D eigenvalue weighted by molar-refractivity contribution is -0.0967. The molecule has 3 aliphatic heterocycles. The standard InChI is InChI=1S/C22H32N4O3/c1-24-21-5-3-2-4-19(21)20(23-24)15-26-10-13-28-17-22(16-26)7-6-18(29-22)14-25-8-11-27-12-9-25/h2-5,18H,6-17H2,1H3/t18-,22-/m1/s1. The summed E-state index contributed by atoms with van der Waals surface area (Å²) in [7, 11) is 2.02. The number of morpholine rings is 1. The van der Waals surface area contributed by atoms with Gasteiger partial charge in [-0.15, -0.1) is 0 Å². The number of nitrogens with zero attached hydrogens (tertiary/aromatic N) is 4. The summed E-state index contributed by atoms with van der Waals surface area (Å²) in [5.41, 5.74) is 2.15. The van der Waals surface area contributed by atoms with Crippen LogP contribution >= 0.6 is 0 Å². The summed E-state index contributed by atoms with van der Waals surface area (Å²) >= 11 is 0. The summed E-state index contributed by atoms with van der Waals surface area (Å²) in [5.74, 6) is 0. The molecular weight excluding hydrogens is 368 g/mol. The van der Waals surface area contributed by atoms with Crippen LogP contribution in [0.3, 0.4) is 0 Å². The first-order chi connectivity index (χ1) is 14.2. The molecule has 1 aromatic heterocycles. The van der Waals surface area contributed by atoms with Crippen LogP contribution in [0.2, 0.25) is 0 Å². The Morgan fingerprint density at radius 3 is 2.76 bits per heavy atom. The molecule has 0 N–H and O–H groups in total. The van der Waals surface area contributed by atoms with Gasteiger partial charge in [-0.25, -0.2) is 0 Å². The molecule has 0 radical (unpaired) electrons. The Morgan fingerprint density at radius 1 is 1.07 bits per heavy atom. The zero-order valence-electron chi connectivity index (χ0n) is 17.4. The van der Waals surface area contributed by atoms with E-state index in [-0.39, 0.29) is 5.60 Å². The third-order valence-electron chi connectivity index (χ3n) is 6.54. The predicted molar refractivity (Wildman–Crippen MR) is 111 cm³/mol. The number of fused-ring (bicyclic) bond motifs is 1. The third kappa shape index (κ3) is 4.20. The lowest BCUT2D eigenvalue weighted by Crippen LogP contribution is -2.46. The minimum atomic E-state index is -0.183. The number of rotatable bonds is 4. The molecular formula is C22H32N4O3. The zero-order chi connectivity index (χ0) is 19.7. The molecule has 0 aliphatic carbocycles. The molecule has 158 valence electrons. The third-order valence-corrected chi connectivity index (χ3v) is 6.54. The van der Waals surface area contributed by atoms with E-state index in [0.29, 0.717) is 12.7 Å². The fourth-order valence-electron chi connectivity index (χ4n) is 5.05. The number of hydrogen-bond donors (Lipinski definition) is 0. The average molecular weight is 401 g/mol. The second-order valence-corrected chi connectivity index (χ2v) is 8.73. The molecule has 3 saturated heterocycles. The lowest BCUT2D eigenvalue weighted by atomic mass is 10.00. The first-order valence-electron chi connectivity index (χ1n) is 10.9. The Labute approximate surface area is 172 Å². The van der Waals surface area contributed by atoms with Gasteiger partial charge in [-0.05, 0) is 18.9 Å².